The number of amides is 1. The zero-order valence-corrected chi connectivity index (χ0v) is 12.9. The molecule has 2 aromatic rings. The maximum atomic E-state index is 12.0. The molecule has 0 aliphatic rings. The maximum Gasteiger partial charge on any atom is 0.308 e. The van der Waals surface area contributed by atoms with Gasteiger partial charge in [-0.1, -0.05) is 6.07 Å². The van der Waals surface area contributed by atoms with E-state index in [-0.39, 0.29) is 11.9 Å². The molecule has 0 spiro atoms. The lowest BCUT2D eigenvalue weighted by atomic mass is 10.2. The SMILES string of the molecule is CC(=O)Oc1ccc(C(=O)Nc2cccc(I)c2)cc1. The van der Waals surface area contributed by atoms with E-state index in [9.17, 15) is 9.59 Å². The van der Waals surface area contributed by atoms with Crippen molar-refractivity contribution in [2.75, 3.05) is 5.32 Å². The minimum atomic E-state index is -0.388. The minimum Gasteiger partial charge on any atom is -0.427 e. The van der Waals surface area contributed by atoms with Gasteiger partial charge in [0.2, 0.25) is 0 Å². The molecule has 0 atom stereocenters. The Balaban J connectivity index is 2.07. The molecule has 0 aliphatic carbocycles. The van der Waals surface area contributed by atoms with Gasteiger partial charge in [0.25, 0.3) is 5.91 Å². The van der Waals surface area contributed by atoms with Crippen LogP contribution in [0.4, 0.5) is 5.69 Å². The van der Waals surface area contributed by atoms with Crippen LogP contribution in [0.25, 0.3) is 0 Å². The van der Waals surface area contributed by atoms with Crippen molar-refractivity contribution in [3.8, 4) is 5.75 Å². The molecule has 0 saturated heterocycles. The molecule has 1 amide bonds. The Morgan fingerprint density at radius 3 is 2.40 bits per heavy atom. The number of ether oxygens (including phenoxy) is 1. The summed E-state index contributed by atoms with van der Waals surface area (Å²) < 4.78 is 5.96. The summed E-state index contributed by atoms with van der Waals surface area (Å²) in [5, 5.41) is 2.81. The van der Waals surface area contributed by atoms with E-state index in [0.717, 1.165) is 9.26 Å². The minimum absolute atomic E-state index is 0.207. The van der Waals surface area contributed by atoms with Gasteiger partial charge in [-0.3, -0.25) is 9.59 Å². The first kappa shape index (κ1) is 14.5. The summed E-state index contributed by atoms with van der Waals surface area (Å²) in [5.41, 5.74) is 1.24. The van der Waals surface area contributed by atoms with E-state index >= 15 is 0 Å². The zero-order chi connectivity index (χ0) is 14.5. The van der Waals surface area contributed by atoms with Crippen molar-refractivity contribution in [2.45, 2.75) is 6.92 Å². The van der Waals surface area contributed by atoms with E-state index in [0.29, 0.717) is 11.3 Å². The fourth-order valence-electron chi connectivity index (χ4n) is 1.61. The smallest absolute Gasteiger partial charge is 0.308 e. The van der Waals surface area contributed by atoms with E-state index in [1.165, 1.54) is 6.92 Å². The molecule has 20 heavy (non-hydrogen) atoms. The number of carbonyl (C=O) groups excluding carboxylic acids is 2. The number of benzene rings is 2. The van der Waals surface area contributed by atoms with Crippen molar-refractivity contribution in [1.82, 2.24) is 0 Å². The third kappa shape index (κ3) is 4.06. The number of hydrogen-bond acceptors (Lipinski definition) is 3. The normalized spacial score (nSPS) is 9.90. The number of nitrogens with one attached hydrogen (secondary N) is 1. The third-order valence-corrected chi connectivity index (χ3v) is 3.13. The maximum absolute atomic E-state index is 12.0. The van der Waals surface area contributed by atoms with Gasteiger partial charge in [-0.25, -0.2) is 0 Å². The predicted octanol–water partition coefficient (Wildman–Crippen LogP) is 3.47. The lowest BCUT2D eigenvalue weighted by Gasteiger charge is -2.06. The molecular weight excluding hydrogens is 369 g/mol. The lowest BCUT2D eigenvalue weighted by Crippen LogP contribution is -2.12. The molecule has 0 unspecified atom stereocenters. The second-order valence-corrected chi connectivity index (χ2v) is 5.33. The highest BCUT2D eigenvalue weighted by Crippen LogP contribution is 2.16. The van der Waals surface area contributed by atoms with Crippen LogP contribution in [-0.2, 0) is 4.79 Å². The summed E-state index contributed by atoms with van der Waals surface area (Å²) in [6.07, 6.45) is 0. The monoisotopic (exact) mass is 381 g/mol. The second kappa shape index (κ2) is 6.51. The largest absolute Gasteiger partial charge is 0.427 e. The molecule has 0 aromatic heterocycles. The van der Waals surface area contributed by atoms with Gasteiger partial charge in [0.15, 0.2) is 0 Å². The molecule has 1 N–H and O–H groups in total. The van der Waals surface area contributed by atoms with E-state index in [1.54, 1.807) is 24.3 Å². The molecule has 0 saturated carbocycles. The molecule has 0 fully saturated rings. The van der Waals surface area contributed by atoms with Gasteiger partial charge in [-0.05, 0) is 65.1 Å². The fraction of sp³-hybridized carbons (Fsp3) is 0.0667. The molecule has 0 radical (unpaired) electrons. The van der Waals surface area contributed by atoms with Gasteiger partial charge in [0.05, 0.1) is 0 Å². The predicted molar refractivity (Wildman–Crippen MR) is 84.9 cm³/mol. The van der Waals surface area contributed by atoms with E-state index < -0.39 is 0 Å². The summed E-state index contributed by atoms with van der Waals surface area (Å²) in [5.74, 6) is -0.175. The lowest BCUT2D eigenvalue weighted by molar-refractivity contribution is -0.131. The average Bonchev–Trinajstić information content (AvgIpc) is 2.38. The number of esters is 1. The van der Waals surface area contributed by atoms with Crippen molar-refractivity contribution in [1.29, 1.82) is 0 Å². The van der Waals surface area contributed by atoms with Crippen LogP contribution >= 0.6 is 22.6 Å². The third-order valence-electron chi connectivity index (χ3n) is 2.46. The highest BCUT2D eigenvalue weighted by molar-refractivity contribution is 14.1. The average molecular weight is 381 g/mol. The summed E-state index contributed by atoms with van der Waals surface area (Å²) in [4.78, 5) is 22.8. The van der Waals surface area contributed by atoms with Crippen molar-refractivity contribution in [2.24, 2.45) is 0 Å². The Hall–Kier alpha value is -1.89. The molecule has 5 heteroatoms. The Kier molecular flexibility index (Phi) is 4.73. The molecule has 2 aromatic carbocycles. The number of rotatable bonds is 3. The molecule has 4 nitrogen and oxygen atoms in total. The highest BCUT2D eigenvalue weighted by atomic mass is 127. The summed E-state index contributed by atoms with van der Waals surface area (Å²) >= 11 is 2.18. The molecule has 2 rings (SSSR count). The van der Waals surface area contributed by atoms with Crippen molar-refractivity contribution in [3.05, 3.63) is 57.7 Å². The first-order valence-electron chi connectivity index (χ1n) is 5.90. The van der Waals surface area contributed by atoms with Crippen LogP contribution in [0.3, 0.4) is 0 Å². The van der Waals surface area contributed by atoms with E-state index in [2.05, 4.69) is 27.9 Å². The summed E-state index contributed by atoms with van der Waals surface area (Å²) in [7, 11) is 0. The quantitative estimate of drug-likeness (QED) is 0.503. The molecule has 0 aliphatic heterocycles. The zero-order valence-electron chi connectivity index (χ0n) is 10.7. The van der Waals surface area contributed by atoms with Crippen LogP contribution in [0.15, 0.2) is 48.5 Å². The van der Waals surface area contributed by atoms with Crippen LogP contribution < -0.4 is 10.1 Å². The van der Waals surface area contributed by atoms with E-state index in [1.807, 2.05) is 24.3 Å². The second-order valence-electron chi connectivity index (χ2n) is 4.08. The standard InChI is InChI=1S/C15H12INO3/c1-10(18)20-14-7-5-11(6-8-14)15(19)17-13-4-2-3-12(16)9-13/h2-9H,1H3,(H,17,19). The van der Waals surface area contributed by atoms with Gasteiger partial charge in [0, 0.05) is 21.7 Å². The van der Waals surface area contributed by atoms with Crippen molar-refractivity contribution in [3.63, 3.8) is 0 Å². The summed E-state index contributed by atoms with van der Waals surface area (Å²) in [6.45, 7) is 1.33. The van der Waals surface area contributed by atoms with Gasteiger partial charge >= 0.3 is 5.97 Å². The molecule has 0 heterocycles. The van der Waals surface area contributed by atoms with E-state index in [4.69, 9.17) is 4.74 Å². The van der Waals surface area contributed by atoms with Crippen LogP contribution in [0.2, 0.25) is 0 Å². The van der Waals surface area contributed by atoms with Crippen LogP contribution in [0, 0.1) is 3.57 Å². The first-order chi connectivity index (χ1) is 9.54. The highest BCUT2D eigenvalue weighted by Gasteiger charge is 2.07. The van der Waals surface area contributed by atoms with Crippen LogP contribution in [0.5, 0.6) is 5.75 Å². The molecule has 102 valence electrons. The number of halogens is 1. The Morgan fingerprint density at radius 2 is 1.80 bits per heavy atom. The van der Waals surface area contributed by atoms with Gasteiger partial charge in [-0.15, -0.1) is 0 Å². The number of anilines is 1. The van der Waals surface area contributed by atoms with Crippen LogP contribution in [0.1, 0.15) is 17.3 Å². The molecule has 0 bridgehead atoms. The summed E-state index contributed by atoms with van der Waals surface area (Å²) in [6, 6.07) is 13.9. The van der Waals surface area contributed by atoms with Crippen molar-refractivity contribution < 1.29 is 14.3 Å². The van der Waals surface area contributed by atoms with Gasteiger partial charge in [-0.2, -0.15) is 0 Å². The van der Waals surface area contributed by atoms with Crippen molar-refractivity contribution >= 4 is 40.2 Å². The topological polar surface area (TPSA) is 55.4 Å². The first-order valence-corrected chi connectivity index (χ1v) is 6.98. The Morgan fingerprint density at radius 1 is 1.10 bits per heavy atom. The molecular formula is C15H12INO3. The van der Waals surface area contributed by atoms with Gasteiger partial charge < -0.3 is 10.1 Å². The Bertz CT molecular complexity index is 638. The van der Waals surface area contributed by atoms with Gasteiger partial charge in [0.1, 0.15) is 5.75 Å². The number of carbonyl (C=O) groups is 2. The number of hydrogen-bond donors (Lipinski definition) is 1. The fourth-order valence-corrected chi connectivity index (χ4v) is 2.15. The Labute approximate surface area is 130 Å². The van der Waals surface area contributed by atoms with Crippen LogP contribution in [-0.4, -0.2) is 11.9 Å².